The van der Waals surface area contributed by atoms with Crippen LogP contribution in [-0.4, -0.2) is 22.7 Å². The molecule has 3 aromatic rings. The van der Waals surface area contributed by atoms with Crippen LogP contribution in [0, 0.1) is 11.3 Å². The molecule has 0 atom stereocenters. The number of nitriles is 1. The molecule has 1 fully saturated rings. The van der Waals surface area contributed by atoms with E-state index in [1.54, 1.807) is 60.7 Å². The third-order valence-electron chi connectivity index (χ3n) is 5.28. The zero-order valence-electron chi connectivity index (χ0n) is 19.2. The van der Waals surface area contributed by atoms with Gasteiger partial charge in [-0.2, -0.15) is 5.26 Å². The van der Waals surface area contributed by atoms with Gasteiger partial charge in [0.15, 0.2) is 11.5 Å². The molecule has 36 heavy (non-hydrogen) atoms. The standard InChI is InChI=1S/C27H20Cl2N2O4S/c1-2-34-24-12-17(8-10-23(24)35-16-18-7-9-21(28)22(29)11-18)13-25-26(32)31(27(33)36-25)15-20-6-4-3-5-19(20)14-30/h3-13H,2,15-16H2,1H3/b25-13+. The lowest BCUT2D eigenvalue weighted by atomic mass is 10.1. The first-order valence-corrected chi connectivity index (χ1v) is 12.5. The summed E-state index contributed by atoms with van der Waals surface area (Å²) < 4.78 is 11.7. The monoisotopic (exact) mass is 538 g/mol. The Labute approximate surface area is 223 Å². The molecule has 1 heterocycles. The van der Waals surface area contributed by atoms with Gasteiger partial charge in [0.2, 0.25) is 0 Å². The zero-order valence-corrected chi connectivity index (χ0v) is 21.5. The summed E-state index contributed by atoms with van der Waals surface area (Å²) in [5.41, 5.74) is 2.58. The molecule has 0 radical (unpaired) electrons. The van der Waals surface area contributed by atoms with Crippen LogP contribution in [0.5, 0.6) is 11.5 Å². The maximum Gasteiger partial charge on any atom is 0.293 e. The first-order chi connectivity index (χ1) is 17.4. The maximum absolute atomic E-state index is 13.0. The van der Waals surface area contributed by atoms with Crippen molar-refractivity contribution in [3.05, 3.63) is 97.9 Å². The number of hydrogen-bond acceptors (Lipinski definition) is 6. The fraction of sp³-hybridized carbons (Fsp3) is 0.148. The highest BCUT2D eigenvalue weighted by Gasteiger charge is 2.35. The van der Waals surface area contributed by atoms with E-state index in [9.17, 15) is 14.9 Å². The molecular formula is C27H20Cl2N2O4S. The molecule has 0 saturated carbocycles. The number of carbonyl (C=O) groups excluding carboxylic acids is 2. The fourth-order valence-electron chi connectivity index (χ4n) is 3.52. The molecular weight excluding hydrogens is 519 g/mol. The maximum atomic E-state index is 13.0. The molecule has 0 spiro atoms. The number of nitrogens with zero attached hydrogens (tertiary/aromatic N) is 2. The minimum absolute atomic E-state index is 0.0391. The van der Waals surface area contributed by atoms with Gasteiger partial charge in [0.1, 0.15) is 6.61 Å². The van der Waals surface area contributed by atoms with E-state index in [0.29, 0.717) is 49.7 Å². The molecule has 9 heteroatoms. The smallest absolute Gasteiger partial charge is 0.293 e. The van der Waals surface area contributed by atoms with E-state index in [2.05, 4.69) is 6.07 Å². The average molecular weight is 539 g/mol. The van der Waals surface area contributed by atoms with Gasteiger partial charge in [-0.25, -0.2) is 0 Å². The number of rotatable bonds is 8. The molecule has 0 aliphatic carbocycles. The highest BCUT2D eigenvalue weighted by Crippen LogP contribution is 2.36. The van der Waals surface area contributed by atoms with Crippen LogP contribution in [0.25, 0.3) is 6.08 Å². The van der Waals surface area contributed by atoms with E-state index in [1.807, 2.05) is 13.0 Å². The Morgan fingerprint density at radius 3 is 2.56 bits per heavy atom. The lowest BCUT2D eigenvalue weighted by molar-refractivity contribution is -0.123. The van der Waals surface area contributed by atoms with Gasteiger partial charge in [-0.05, 0) is 71.8 Å². The molecule has 1 aliphatic rings. The van der Waals surface area contributed by atoms with Crippen LogP contribution >= 0.6 is 35.0 Å². The molecule has 0 unspecified atom stereocenters. The van der Waals surface area contributed by atoms with Gasteiger partial charge in [-0.1, -0.05) is 53.5 Å². The Morgan fingerprint density at radius 2 is 1.81 bits per heavy atom. The topological polar surface area (TPSA) is 79.6 Å². The summed E-state index contributed by atoms with van der Waals surface area (Å²) in [6.45, 7) is 2.58. The van der Waals surface area contributed by atoms with E-state index < -0.39 is 5.91 Å². The van der Waals surface area contributed by atoms with E-state index in [4.69, 9.17) is 32.7 Å². The van der Waals surface area contributed by atoms with Crippen LogP contribution in [0.4, 0.5) is 4.79 Å². The van der Waals surface area contributed by atoms with E-state index in [1.165, 1.54) is 0 Å². The predicted octanol–water partition coefficient (Wildman–Crippen LogP) is 7.08. The number of hydrogen-bond donors (Lipinski definition) is 0. The number of halogens is 2. The van der Waals surface area contributed by atoms with Crippen molar-refractivity contribution in [2.24, 2.45) is 0 Å². The van der Waals surface area contributed by atoms with E-state index in [-0.39, 0.29) is 18.4 Å². The van der Waals surface area contributed by atoms with Crippen LogP contribution in [0.2, 0.25) is 10.0 Å². The number of ether oxygens (including phenoxy) is 2. The summed E-state index contributed by atoms with van der Waals surface area (Å²) in [6, 6.07) is 19.6. The molecule has 0 bridgehead atoms. The number of benzene rings is 3. The van der Waals surface area contributed by atoms with Crippen LogP contribution in [-0.2, 0) is 17.9 Å². The molecule has 182 valence electrons. The normalized spacial score (nSPS) is 14.3. The first-order valence-electron chi connectivity index (χ1n) is 11.0. The lowest BCUT2D eigenvalue weighted by Crippen LogP contribution is -2.27. The highest BCUT2D eigenvalue weighted by atomic mass is 35.5. The molecule has 0 N–H and O–H groups in total. The third kappa shape index (κ3) is 5.85. The summed E-state index contributed by atoms with van der Waals surface area (Å²) in [5.74, 6) is 0.630. The van der Waals surface area contributed by atoms with Gasteiger partial charge in [-0.3, -0.25) is 14.5 Å². The van der Waals surface area contributed by atoms with Gasteiger partial charge < -0.3 is 9.47 Å². The number of amides is 2. The second-order valence-corrected chi connectivity index (χ2v) is 9.52. The van der Waals surface area contributed by atoms with Crippen molar-refractivity contribution in [1.82, 2.24) is 4.90 Å². The largest absolute Gasteiger partial charge is 0.490 e. The van der Waals surface area contributed by atoms with Crippen molar-refractivity contribution in [2.75, 3.05) is 6.61 Å². The molecule has 3 aromatic carbocycles. The molecule has 6 nitrogen and oxygen atoms in total. The van der Waals surface area contributed by atoms with Crippen LogP contribution in [0.15, 0.2) is 65.6 Å². The van der Waals surface area contributed by atoms with Crippen molar-refractivity contribution in [3.63, 3.8) is 0 Å². The second kappa shape index (κ2) is 11.5. The van der Waals surface area contributed by atoms with Crippen LogP contribution < -0.4 is 9.47 Å². The zero-order chi connectivity index (χ0) is 25.7. The summed E-state index contributed by atoms with van der Waals surface area (Å²) in [6.07, 6.45) is 1.65. The number of carbonyl (C=O) groups is 2. The minimum Gasteiger partial charge on any atom is -0.490 e. The van der Waals surface area contributed by atoms with Crippen LogP contribution in [0.1, 0.15) is 29.2 Å². The first kappa shape index (κ1) is 25.6. The van der Waals surface area contributed by atoms with Gasteiger partial charge in [-0.15, -0.1) is 0 Å². The average Bonchev–Trinajstić information content (AvgIpc) is 3.13. The van der Waals surface area contributed by atoms with Gasteiger partial charge >= 0.3 is 0 Å². The van der Waals surface area contributed by atoms with Crippen LogP contribution in [0.3, 0.4) is 0 Å². The quantitative estimate of drug-likeness (QED) is 0.285. The molecule has 1 aliphatic heterocycles. The Kier molecular flexibility index (Phi) is 8.21. The number of imide groups is 1. The number of thioether (sulfide) groups is 1. The Morgan fingerprint density at radius 1 is 1.00 bits per heavy atom. The fourth-order valence-corrected chi connectivity index (χ4v) is 4.68. The molecule has 2 amide bonds. The summed E-state index contributed by atoms with van der Waals surface area (Å²) in [4.78, 5) is 27.0. The van der Waals surface area contributed by atoms with Crippen molar-refractivity contribution in [1.29, 1.82) is 5.26 Å². The molecule has 0 aromatic heterocycles. The van der Waals surface area contributed by atoms with Gasteiger partial charge in [0.05, 0.1) is 39.7 Å². The van der Waals surface area contributed by atoms with Gasteiger partial charge in [0.25, 0.3) is 11.1 Å². The summed E-state index contributed by atoms with van der Waals surface area (Å²) in [7, 11) is 0. The predicted molar refractivity (Wildman–Crippen MR) is 141 cm³/mol. The second-order valence-electron chi connectivity index (χ2n) is 7.71. The Hall–Kier alpha value is -3.44. The Balaban J connectivity index is 1.52. The molecule has 1 saturated heterocycles. The Bertz CT molecular complexity index is 1400. The minimum atomic E-state index is -0.407. The lowest BCUT2D eigenvalue weighted by Gasteiger charge is -2.14. The highest BCUT2D eigenvalue weighted by molar-refractivity contribution is 8.18. The van der Waals surface area contributed by atoms with E-state index >= 15 is 0 Å². The summed E-state index contributed by atoms with van der Waals surface area (Å²) >= 11 is 12.9. The third-order valence-corrected chi connectivity index (χ3v) is 6.93. The van der Waals surface area contributed by atoms with Crippen molar-refractivity contribution < 1.29 is 19.1 Å². The van der Waals surface area contributed by atoms with Crippen molar-refractivity contribution in [2.45, 2.75) is 20.1 Å². The van der Waals surface area contributed by atoms with Gasteiger partial charge in [0, 0.05) is 0 Å². The van der Waals surface area contributed by atoms with Crippen molar-refractivity contribution in [3.8, 4) is 17.6 Å². The summed E-state index contributed by atoms with van der Waals surface area (Å²) in [5, 5.41) is 9.84. The van der Waals surface area contributed by atoms with E-state index in [0.717, 1.165) is 22.2 Å². The molecule has 4 rings (SSSR count). The SMILES string of the molecule is CCOc1cc(/C=C2/SC(=O)N(Cc3ccccc3C#N)C2=O)ccc1OCc1ccc(Cl)c(Cl)c1. The van der Waals surface area contributed by atoms with Crippen molar-refractivity contribution >= 4 is 52.2 Å².